The Kier molecular flexibility index (Phi) is 3.93. The Bertz CT molecular complexity index is 650. The molecule has 1 unspecified atom stereocenters. The van der Waals surface area contributed by atoms with Gasteiger partial charge in [0.15, 0.2) is 0 Å². The summed E-state index contributed by atoms with van der Waals surface area (Å²) in [5.74, 6) is -0.229. The maximum Gasteiger partial charge on any atom is 0.247 e. The fourth-order valence-electron chi connectivity index (χ4n) is 1.75. The monoisotopic (exact) mass is 297 g/mol. The molecule has 4 nitrogen and oxygen atoms in total. The molecule has 0 radical (unpaired) electrons. The van der Waals surface area contributed by atoms with Crippen molar-refractivity contribution in [3.8, 4) is 5.75 Å². The minimum absolute atomic E-state index is 0.0686. The van der Waals surface area contributed by atoms with Gasteiger partial charge in [0.2, 0.25) is 10.0 Å². The summed E-state index contributed by atoms with van der Waals surface area (Å²) in [7, 11) is -2.18. The molecule has 6 heteroatoms. The number of benzene rings is 1. The van der Waals surface area contributed by atoms with Gasteiger partial charge >= 0.3 is 0 Å². The van der Waals surface area contributed by atoms with Gasteiger partial charge in [0.25, 0.3) is 0 Å². The molecule has 0 spiro atoms. The normalized spacial score (nSPS) is 13.6. The summed E-state index contributed by atoms with van der Waals surface area (Å²) in [6.07, 6.45) is 0. The summed E-state index contributed by atoms with van der Waals surface area (Å²) < 4.78 is 26.2. The number of para-hydroxylation sites is 1. The first-order valence-electron chi connectivity index (χ1n) is 5.74. The van der Waals surface area contributed by atoms with Gasteiger partial charge in [-0.25, -0.2) is 8.42 Å². The number of rotatable bonds is 4. The third-order valence-electron chi connectivity index (χ3n) is 3.02. The van der Waals surface area contributed by atoms with Gasteiger partial charge in [0.05, 0.1) is 6.04 Å². The van der Waals surface area contributed by atoms with Gasteiger partial charge in [-0.05, 0) is 30.5 Å². The summed E-state index contributed by atoms with van der Waals surface area (Å²) in [6.45, 7) is 1.82. The van der Waals surface area contributed by atoms with Crippen molar-refractivity contribution in [3.05, 3.63) is 46.7 Å². The minimum atomic E-state index is -3.70. The van der Waals surface area contributed by atoms with E-state index in [0.717, 1.165) is 4.88 Å². The van der Waals surface area contributed by atoms with Crippen molar-refractivity contribution < 1.29 is 13.5 Å². The van der Waals surface area contributed by atoms with E-state index in [1.807, 2.05) is 24.4 Å². The molecule has 0 aliphatic heterocycles. The number of aromatic hydroxyl groups is 1. The van der Waals surface area contributed by atoms with E-state index in [0.29, 0.717) is 0 Å². The summed E-state index contributed by atoms with van der Waals surface area (Å²) in [4.78, 5) is 0.891. The van der Waals surface area contributed by atoms with Crippen molar-refractivity contribution in [2.75, 3.05) is 7.05 Å². The summed E-state index contributed by atoms with van der Waals surface area (Å²) in [5, 5.41) is 11.6. The average molecular weight is 297 g/mol. The fraction of sp³-hybridized carbons (Fsp3) is 0.231. The van der Waals surface area contributed by atoms with Crippen LogP contribution in [0.5, 0.6) is 5.75 Å². The van der Waals surface area contributed by atoms with E-state index < -0.39 is 10.0 Å². The lowest BCUT2D eigenvalue weighted by molar-refractivity contribution is 0.396. The van der Waals surface area contributed by atoms with Crippen LogP contribution < -0.4 is 0 Å². The van der Waals surface area contributed by atoms with E-state index in [1.165, 1.54) is 34.8 Å². The zero-order valence-corrected chi connectivity index (χ0v) is 12.3. The maximum absolute atomic E-state index is 12.5. The van der Waals surface area contributed by atoms with Gasteiger partial charge in [0, 0.05) is 11.9 Å². The third-order valence-corrected chi connectivity index (χ3v) is 6.04. The van der Waals surface area contributed by atoms with E-state index in [2.05, 4.69) is 0 Å². The van der Waals surface area contributed by atoms with Crippen molar-refractivity contribution in [1.29, 1.82) is 0 Å². The molecule has 0 fully saturated rings. The summed E-state index contributed by atoms with van der Waals surface area (Å²) >= 11 is 1.51. The van der Waals surface area contributed by atoms with Crippen molar-refractivity contribution in [3.63, 3.8) is 0 Å². The highest BCUT2D eigenvalue weighted by Gasteiger charge is 2.28. The van der Waals surface area contributed by atoms with Crippen LogP contribution in [0, 0.1) is 0 Å². The van der Waals surface area contributed by atoms with E-state index in [4.69, 9.17) is 0 Å². The number of hydrogen-bond donors (Lipinski definition) is 1. The second-order valence-corrected chi connectivity index (χ2v) is 7.13. The first kappa shape index (κ1) is 14.0. The highest BCUT2D eigenvalue weighted by atomic mass is 32.2. The lowest BCUT2D eigenvalue weighted by Crippen LogP contribution is -2.29. The topological polar surface area (TPSA) is 57.6 Å². The quantitative estimate of drug-likeness (QED) is 0.944. The maximum atomic E-state index is 12.5. The third kappa shape index (κ3) is 2.65. The van der Waals surface area contributed by atoms with Gasteiger partial charge in [-0.2, -0.15) is 4.31 Å². The van der Waals surface area contributed by atoms with E-state index in [-0.39, 0.29) is 16.7 Å². The SMILES string of the molecule is CC(c1cccs1)N(C)S(=O)(=O)c1ccccc1O. The van der Waals surface area contributed by atoms with Gasteiger partial charge in [-0.15, -0.1) is 11.3 Å². The molecule has 1 N–H and O–H groups in total. The number of phenols is 1. The molecule has 0 aliphatic rings. The zero-order chi connectivity index (χ0) is 14.0. The zero-order valence-electron chi connectivity index (χ0n) is 10.6. The molecule has 0 bridgehead atoms. The molecule has 2 rings (SSSR count). The van der Waals surface area contributed by atoms with E-state index in [9.17, 15) is 13.5 Å². The summed E-state index contributed by atoms with van der Waals surface area (Å²) in [5.41, 5.74) is 0. The largest absolute Gasteiger partial charge is 0.507 e. The van der Waals surface area contributed by atoms with Gasteiger partial charge < -0.3 is 5.11 Å². The van der Waals surface area contributed by atoms with Crippen molar-refractivity contribution in [2.24, 2.45) is 0 Å². The van der Waals surface area contributed by atoms with Crippen molar-refractivity contribution in [1.82, 2.24) is 4.31 Å². The predicted octanol–water partition coefficient (Wildman–Crippen LogP) is 2.84. The Labute approximate surface area is 117 Å². The molecule has 0 saturated heterocycles. The van der Waals surface area contributed by atoms with Crippen molar-refractivity contribution >= 4 is 21.4 Å². The molecule has 102 valence electrons. The molecule has 2 aromatic rings. The van der Waals surface area contributed by atoms with Gasteiger partial charge in [0.1, 0.15) is 10.6 Å². The van der Waals surface area contributed by atoms with Gasteiger partial charge in [-0.3, -0.25) is 0 Å². The predicted molar refractivity (Wildman–Crippen MR) is 75.8 cm³/mol. The first-order chi connectivity index (χ1) is 8.94. The smallest absolute Gasteiger partial charge is 0.247 e. The van der Waals surface area contributed by atoms with Crippen LogP contribution >= 0.6 is 11.3 Å². The molecule has 0 aliphatic carbocycles. The first-order valence-corrected chi connectivity index (χ1v) is 8.06. The molecular formula is C13H15NO3S2. The standard InChI is InChI=1S/C13H15NO3S2/c1-10(12-7-5-9-18-12)14(2)19(16,17)13-8-4-3-6-11(13)15/h3-10,15H,1-2H3. The number of phenolic OH excluding ortho intramolecular Hbond substituents is 1. The number of sulfonamides is 1. The molecule has 1 aromatic heterocycles. The minimum Gasteiger partial charge on any atom is -0.507 e. The molecule has 1 heterocycles. The highest BCUT2D eigenvalue weighted by molar-refractivity contribution is 7.89. The summed E-state index contributed by atoms with van der Waals surface area (Å²) in [6, 6.07) is 9.47. The van der Waals surface area contributed by atoms with Crippen molar-refractivity contribution in [2.45, 2.75) is 17.9 Å². The molecule has 0 saturated carbocycles. The number of nitrogens with zero attached hydrogens (tertiary/aromatic N) is 1. The molecule has 0 amide bonds. The lowest BCUT2D eigenvalue weighted by atomic mass is 10.3. The Hall–Kier alpha value is -1.37. The average Bonchev–Trinajstić information content (AvgIpc) is 2.91. The van der Waals surface area contributed by atoms with Crippen LogP contribution in [0.4, 0.5) is 0 Å². The van der Waals surface area contributed by atoms with Crippen LogP contribution in [0.2, 0.25) is 0 Å². The Morgan fingerprint density at radius 1 is 1.21 bits per heavy atom. The molecule has 1 atom stereocenters. The Balaban J connectivity index is 2.38. The van der Waals surface area contributed by atoms with E-state index >= 15 is 0 Å². The molecular weight excluding hydrogens is 282 g/mol. The van der Waals surface area contributed by atoms with E-state index in [1.54, 1.807) is 12.1 Å². The second kappa shape index (κ2) is 5.32. The Morgan fingerprint density at radius 2 is 1.89 bits per heavy atom. The number of thiophene rings is 1. The van der Waals surface area contributed by atoms with Crippen LogP contribution in [-0.4, -0.2) is 24.9 Å². The highest BCUT2D eigenvalue weighted by Crippen LogP contribution is 2.31. The van der Waals surface area contributed by atoms with Crippen LogP contribution in [-0.2, 0) is 10.0 Å². The molecule has 1 aromatic carbocycles. The van der Waals surface area contributed by atoms with Crippen LogP contribution in [0.1, 0.15) is 17.8 Å². The molecule has 19 heavy (non-hydrogen) atoms. The van der Waals surface area contributed by atoms with Crippen LogP contribution in [0.3, 0.4) is 0 Å². The fourth-order valence-corrected chi connectivity index (χ4v) is 4.06. The van der Waals surface area contributed by atoms with Gasteiger partial charge in [-0.1, -0.05) is 18.2 Å². The second-order valence-electron chi connectivity index (χ2n) is 4.18. The number of hydrogen-bond acceptors (Lipinski definition) is 4. The lowest BCUT2D eigenvalue weighted by Gasteiger charge is -2.23. The Morgan fingerprint density at radius 3 is 2.47 bits per heavy atom. The van der Waals surface area contributed by atoms with Crippen LogP contribution in [0.15, 0.2) is 46.7 Å². The van der Waals surface area contributed by atoms with Crippen LogP contribution in [0.25, 0.3) is 0 Å².